The average molecular weight is 291 g/mol. The fraction of sp³-hybridized carbons (Fsp3) is 0.647. The maximum Gasteiger partial charge on any atom is 0.340 e. The number of aromatic nitrogens is 1. The van der Waals surface area contributed by atoms with E-state index in [-0.39, 0.29) is 17.6 Å². The molecule has 0 saturated heterocycles. The molecule has 0 atom stereocenters. The first-order chi connectivity index (χ1) is 9.95. The fourth-order valence-electron chi connectivity index (χ4n) is 3.36. The molecule has 1 aliphatic carbocycles. The van der Waals surface area contributed by atoms with Crippen molar-refractivity contribution in [1.29, 1.82) is 0 Å². The fourth-order valence-corrected chi connectivity index (χ4v) is 3.36. The van der Waals surface area contributed by atoms with Gasteiger partial charge in [0.1, 0.15) is 0 Å². The highest BCUT2D eigenvalue weighted by Gasteiger charge is 2.25. The summed E-state index contributed by atoms with van der Waals surface area (Å²) < 4.78 is 6.95. The van der Waals surface area contributed by atoms with Crippen LogP contribution >= 0.6 is 0 Å². The van der Waals surface area contributed by atoms with Gasteiger partial charge < -0.3 is 9.30 Å². The molecule has 1 fully saturated rings. The van der Waals surface area contributed by atoms with E-state index in [4.69, 9.17) is 4.74 Å². The van der Waals surface area contributed by atoms with Crippen LogP contribution in [0.5, 0.6) is 0 Å². The predicted molar refractivity (Wildman–Crippen MR) is 82.8 cm³/mol. The molecule has 0 bridgehead atoms. The highest BCUT2D eigenvalue weighted by Crippen LogP contribution is 2.32. The van der Waals surface area contributed by atoms with Crippen LogP contribution < -0.4 is 5.56 Å². The summed E-state index contributed by atoms with van der Waals surface area (Å²) in [7, 11) is 0. The minimum Gasteiger partial charge on any atom is -0.462 e. The third kappa shape index (κ3) is 3.20. The lowest BCUT2D eigenvalue weighted by atomic mass is 9.87. The maximum atomic E-state index is 12.4. The van der Waals surface area contributed by atoms with Crippen molar-refractivity contribution in [2.75, 3.05) is 6.61 Å². The SMILES string of the molecule is CCOC(=O)c1c(C)cc(=O)n(C2CCC(C)CC2)c1C. The third-order valence-corrected chi connectivity index (χ3v) is 4.52. The lowest BCUT2D eigenvalue weighted by Crippen LogP contribution is -2.31. The zero-order valence-electron chi connectivity index (χ0n) is 13.4. The van der Waals surface area contributed by atoms with Crippen molar-refractivity contribution in [2.45, 2.75) is 59.4 Å². The summed E-state index contributed by atoms with van der Waals surface area (Å²) in [4.78, 5) is 24.5. The van der Waals surface area contributed by atoms with E-state index >= 15 is 0 Å². The van der Waals surface area contributed by atoms with Crippen molar-refractivity contribution in [3.63, 3.8) is 0 Å². The second-order valence-electron chi connectivity index (χ2n) is 6.13. The monoisotopic (exact) mass is 291 g/mol. The third-order valence-electron chi connectivity index (χ3n) is 4.52. The van der Waals surface area contributed by atoms with Crippen LogP contribution in [0.15, 0.2) is 10.9 Å². The number of nitrogens with zero attached hydrogens (tertiary/aromatic N) is 1. The molecular formula is C17H25NO3. The van der Waals surface area contributed by atoms with Crippen LogP contribution in [-0.4, -0.2) is 17.1 Å². The first kappa shape index (κ1) is 15.8. The van der Waals surface area contributed by atoms with Gasteiger partial charge in [-0.25, -0.2) is 4.79 Å². The van der Waals surface area contributed by atoms with Crippen LogP contribution in [0.1, 0.15) is 67.2 Å². The van der Waals surface area contributed by atoms with Gasteiger partial charge in [0.2, 0.25) is 0 Å². The van der Waals surface area contributed by atoms with Crippen LogP contribution in [0.2, 0.25) is 0 Å². The normalized spacial score (nSPS) is 22.1. The van der Waals surface area contributed by atoms with Crippen molar-refractivity contribution in [1.82, 2.24) is 4.57 Å². The number of carbonyl (C=O) groups excluding carboxylic acids is 1. The summed E-state index contributed by atoms with van der Waals surface area (Å²) in [5.74, 6) is 0.401. The Morgan fingerprint density at radius 2 is 1.90 bits per heavy atom. The van der Waals surface area contributed by atoms with E-state index in [0.29, 0.717) is 17.7 Å². The first-order valence-corrected chi connectivity index (χ1v) is 7.85. The van der Waals surface area contributed by atoms with E-state index in [9.17, 15) is 9.59 Å². The molecule has 1 saturated carbocycles. The standard InChI is InChI=1S/C17H25NO3/c1-5-21-17(20)16-12(3)10-15(19)18(13(16)4)14-8-6-11(2)7-9-14/h10-11,14H,5-9H2,1-4H3. The molecule has 0 N–H and O–H groups in total. The summed E-state index contributed by atoms with van der Waals surface area (Å²) in [6.45, 7) is 8.05. The summed E-state index contributed by atoms with van der Waals surface area (Å²) in [6.07, 6.45) is 4.29. The van der Waals surface area contributed by atoms with Gasteiger partial charge >= 0.3 is 5.97 Å². The molecule has 0 radical (unpaired) electrons. The molecule has 0 unspecified atom stereocenters. The first-order valence-electron chi connectivity index (χ1n) is 7.85. The topological polar surface area (TPSA) is 48.3 Å². The number of ether oxygens (including phenoxy) is 1. The summed E-state index contributed by atoms with van der Waals surface area (Å²) in [6, 6.07) is 1.78. The summed E-state index contributed by atoms with van der Waals surface area (Å²) >= 11 is 0. The minimum absolute atomic E-state index is 0.00222. The van der Waals surface area contributed by atoms with Crippen molar-refractivity contribution in [2.24, 2.45) is 5.92 Å². The Hall–Kier alpha value is -1.58. The zero-order valence-corrected chi connectivity index (χ0v) is 13.4. The predicted octanol–water partition coefficient (Wildman–Crippen LogP) is 3.39. The van der Waals surface area contributed by atoms with Gasteiger partial charge in [0, 0.05) is 17.8 Å². The van der Waals surface area contributed by atoms with Gasteiger partial charge in [0.05, 0.1) is 12.2 Å². The maximum absolute atomic E-state index is 12.4. The van der Waals surface area contributed by atoms with Crippen molar-refractivity contribution < 1.29 is 9.53 Å². The molecule has 4 nitrogen and oxygen atoms in total. The highest BCUT2D eigenvalue weighted by molar-refractivity contribution is 5.92. The molecule has 1 aromatic heterocycles. The highest BCUT2D eigenvalue weighted by atomic mass is 16.5. The van der Waals surface area contributed by atoms with E-state index in [2.05, 4.69) is 6.92 Å². The quantitative estimate of drug-likeness (QED) is 0.802. The number of rotatable bonds is 3. The van der Waals surface area contributed by atoms with E-state index in [1.165, 1.54) is 0 Å². The number of esters is 1. The number of pyridine rings is 1. The Kier molecular flexibility index (Phi) is 4.86. The van der Waals surface area contributed by atoms with Gasteiger partial charge in [-0.15, -0.1) is 0 Å². The summed E-state index contributed by atoms with van der Waals surface area (Å²) in [5.41, 5.74) is 2.00. The number of carbonyl (C=O) groups is 1. The van der Waals surface area contributed by atoms with E-state index in [0.717, 1.165) is 37.3 Å². The molecule has 1 aliphatic rings. The Morgan fingerprint density at radius 3 is 2.48 bits per heavy atom. The zero-order chi connectivity index (χ0) is 15.6. The van der Waals surface area contributed by atoms with Crippen molar-refractivity contribution in [3.05, 3.63) is 33.2 Å². The number of hydrogen-bond donors (Lipinski definition) is 0. The lowest BCUT2D eigenvalue weighted by molar-refractivity contribution is 0.0523. The van der Waals surface area contributed by atoms with Crippen LogP contribution in [0.4, 0.5) is 0 Å². The second-order valence-corrected chi connectivity index (χ2v) is 6.13. The van der Waals surface area contributed by atoms with Crippen LogP contribution in [-0.2, 0) is 4.74 Å². The molecular weight excluding hydrogens is 266 g/mol. The molecule has 21 heavy (non-hydrogen) atoms. The van der Waals surface area contributed by atoms with E-state index in [1.807, 2.05) is 11.5 Å². The Labute approximate surface area is 126 Å². The largest absolute Gasteiger partial charge is 0.462 e. The molecule has 4 heteroatoms. The van der Waals surface area contributed by atoms with E-state index < -0.39 is 0 Å². The molecule has 1 aromatic rings. The smallest absolute Gasteiger partial charge is 0.340 e. The molecule has 116 valence electrons. The Bertz CT molecular complexity index is 580. The summed E-state index contributed by atoms with van der Waals surface area (Å²) in [5, 5.41) is 0. The Morgan fingerprint density at radius 1 is 1.29 bits per heavy atom. The molecule has 0 amide bonds. The molecule has 2 rings (SSSR count). The van der Waals surface area contributed by atoms with Crippen LogP contribution in [0.3, 0.4) is 0 Å². The van der Waals surface area contributed by atoms with Gasteiger partial charge in [-0.3, -0.25) is 4.79 Å². The molecule has 0 spiro atoms. The molecule has 0 aromatic carbocycles. The Balaban J connectivity index is 2.44. The van der Waals surface area contributed by atoms with Gasteiger partial charge in [0.15, 0.2) is 0 Å². The second kappa shape index (κ2) is 6.46. The van der Waals surface area contributed by atoms with Crippen molar-refractivity contribution >= 4 is 5.97 Å². The number of hydrogen-bond acceptors (Lipinski definition) is 3. The molecule has 1 heterocycles. The van der Waals surface area contributed by atoms with Crippen LogP contribution in [0.25, 0.3) is 0 Å². The van der Waals surface area contributed by atoms with Gasteiger partial charge in [0.25, 0.3) is 5.56 Å². The minimum atomic E-state index is -0.328. The lowest BCUT2D eigenvalue weighted by Gasteiger charge is -2.30. The van der Waals surface area contributed by atoms with E-state index in [1.54, 1.807) is 19.9 Å². The van der Waals surface area contributed by atoms with Gasteiger partial charge in [-0.05, 0) is 57.9 Å². The van der Waals surface area contributed by atoms with Crippen LogP contribution in [0, 0.1) is 19.8 Å². The molecule has 0 aliphatic heterocycles. The number of aryl methyl sites for hydroxylation is 1. The average Bonchev–Trinajstić information content (AvgIpc) is 2.40. The van der Waals surface area contributed by atoms with Crippen molar-refractivity contribution in [3.8, 4) is 0 Å². The van der Waals surface area contributed by atoms with Gasteiger partial charge in [-0.2, -0.15) is 0 Å². The van der Waals surface area contributed by atoms with Gasteiger partial charge in [-0.1, -0.05) is 6.92 Å².